The highest BCUT2D eigenvalue weighted by Gasteiger charge is 2.27. The minimum atomic E-state index is -4.63. The van der Waals surface area contributed by atoms with Gasteiger partial charge in [0.1, 0.15) is 12.7 Å². The van der Waals surface area contributed by atoms with Gasteiger partial charge in [0, 0.05) is 12.8 Å². The van der Waals surface area contributed by atoms with Crippen LogP contribution in [0.4, 0.5) is 0 Å². The number of rotatable bonds is 49. The number of allylic oxidation sites excluding steroid dienone is 6. The third-order valence-electron chi connectivity index (χ3n) is 11.2. The van der Waals surface area contributed by atoms with E-state index in [2.05, 4.69) is 50.3 Å². The summed E-state index contributed by atoms with van der Waals surface area (Å²) >= 11 is 0. The van der Waals surface area contributed by atoms with Crippen molar-refractivity contribution in [2.75, 3.05) is 26.4 Å². The summed E-state index contributed by atoms with van der Waals surface area (Å²) in [4.78, 5) is 35.1. The molecule has 0 aliphatic carbocycles. The van der Waals surface area contributed by atoms with Gasteiger partial charge in [-0.05, 0) is 70.6 Å². The molecule has 0 aromatic heterocycles. The number of aliphatic hydroxyl groups excluding tert-OH is 2. The summed E-state index contributed by atoms with van der Waals surface area (Å²) in [5.41, 5.74) is 0. The van der Waals surface area contributed by atoms with Crippen LogP contribution in [0.5, 0.6) is 0 Å². The third kappa shape index (κ3) is 48.0. The minimum Gasteiger partial charge on any atom is -0.462 e. The van der Waals surface area contributed by atoms with Crippen LogP contribution in [0, 0.1) is 0 Å². The first-order chi connectivity index (χ1) is 30.7. The Morgan fingerprint density at radius 3 is 1.24 bits per heavy atom. The Balaban J connectivity index is 4.22. The Hall–Kier alpha value is -1.81. The van der Waals surface area contributed by atoms with Crippen LogP contribution in [0.15, 0.2) is 36.5 Å². The lowest BCUT2D eigenvalue weighted by Crippen LogP contribution is -2.29. The molecule has 0 bridgehead atoms. The molecule has 0 aromatic rings. The predicted molar refractivity (Wildman–Crippen MR) is 261 cm³/mol. The lowest BCUT2D eigenvalue weighted by molar-refractivity contribution is -0.161. The van der Waals surface area contributed by atoms with E-state index < -0.39 is 51.8 Å². The number of phosphoric ester groups is 1. The molecule has 3 N–H and O–H groups in total. The normalized spacial score (nSPS) is 13.9. The van der Waals surface area contributed by atoms with Gasteiger partial charge in [-0.3, -0.25) is 18.6 Å². The van der Waals surface area contributed by atoms with Crippen LogP contribution < -0.4 is 0 Å². The fourth-order valence-corrected chi connectivity index (χ4v) is 8.03. The van der Waals surface area contributed by atoms with E-state index in [1.54, 1.807) is 0 Å². The molecule has 0 spiro atoms. The van der Waals surface area contributed by atoms with Gasteiger partial charge in [0.25, 0.3) is 0 Å². The molecule has 0 heterocycles. The maximum atomic E-state index is 12.7. The first-order valence-corrected chi connectivity index (χ1v) is 27.4. The van der Waals surface area contributed by atoms with E-state index in [-0.39, 0.29) is 19.4 Å². The lowest BCUT2D eigenvalue weighted by Gasteiger charge is -2.20. The van der Waals surface area contributed by atoms with Crippen molar-refractivity contribution in [2.45, 2.75) is 257 Å². The summed E-state index contributed by atoms with van der Waals surface area (Å²) in [7, 11) is -4.63. The van der Waals surface area contributed by atoms with E-state index in [0.717, 1.165) is 44.9 Å². The summed E-state index contributed by atoms with van der Waals surface area (Å²) in [5, 5.41) is 18.4. The second-order valence-electron chi connectivity index (χ2n) is 17.5. The zero-order valence-corrected chi connectivity index (χ0v) is 41.4. The van der Waals surface area contributed by atoms with Crippen molar-refractivity contribution in [1.82, 2.24) is 0 Å². The number of aliphatic hydroxyl groups is 2. The molecule has 0 aliphatic rings. The Labute approximate surface area is 386 Å². The molecule has 11 heteroatoms. The number of carbonyl (C=O) groups excluding carboxylic acids is 2. The minimum absolute atomic E-state index is 0.125. The monoisotopic (exact) mass is 913 g/mol. The maximum Gasteiger partial charge on any atom is 0.472 e. The van der Waals surface area contributed by atoms with Gasteiger partial charge in [-0.15, -0.1) is 0 Å². The van der Waals surface area contributed by atoms with Crippen LogP contribution in [0.2, 0.25) is 0 Å². The number of hydrogen-bond donors (Lipinski definition) is 3. The summed E-state index contributed by atoms with van der Waals surface area (Å²) < 4.78 is 32.8. The lowest BCUT2D eigenvalue weighted by atomic mass is 10.0. The average Bonchev–Trinajstić information content (AvgIpc) is 3.27. The molecule has 370 valence electrons. The Bertz CT molecular complexity index is 1140. The molecule has 0 fully saturated rings. The standard InChI is InChI=1S/C52H97O10P/c1-3-5-7-9-11-13-15-17-19-21-22-23-24-25-26-28-30-32-34-36-38-40-42-44-52(56)62-50(48-61-63(57,58)60-46-49(54)45-53)47-59-51(55)43-41-39-37-35-33-31-29-27-20-18-16-14-12-10-8-6-4-2/h18,20,28,30,36,38,49-50,53-54H,3-17,19,21-27,29,31-35,37,39-48H2,1-2H3,(H,57,58)/b20-18+,30-28+,38-36+/t49-,50+/m0/s1. The van der Waals surface area contributed by atoms with E-state index >= 15 is 0 Å². The van der Waals surface area contributed by atoms with Crippen LogP contribution in [0.25, 0.3) is 0 Å². The maximum absolute atomic E-state index is 12.7. The largest absolute Gasteiger partial charge is 0.472 e. The highest BCUT2D eigenvalue weighted by molar-refractivity contribution is 7.47. The van der Waals surface area contributed by atoms with Gasteiger partial charge < -0.3 is 24.6 Å². The van der Waals surface area contributed by atoms with Gasteiger partial charge in [-0.2, -0.15) is 0 Å². The molecule has 63 heavy (non-hydrogen) atoms. The number of hydrogen-bond acceptors (Lipinski definition) is 9. The molecule has 0 radical (unpaired) electrons. The zero-order chi connectivity index (χ0) is 46.2. The highest BCUT2D eigenvalue weighted by Crippen LogP contribution is 2.43. The van der Waals surface area contributed by atoms with Gasteiger partial charge in [-0.25, -0.2) is 4.57 Å². The van der Waals surface area contributed by atoms with E-state index in [4.69, 9.17) is 23.6 Å². The summed E-state index contributed by atoms with van der Waals surface area (Å²) in [5.74, 6) is -0.971. The van der Waals surface area contributed by atoms with Crippen molar-refractivity contribution < 1.29 is 47.8 Å². The zero-order valence-electron chi connectivity index (χ0n) is 40.5. The van der Waals surface area contributed by atoms with Crippen LogP contribution in [-0.2, 0) is 32.7 Å². The van der Waals surface area contributed by atoms with Crippen molar-refractivity contribution in [1.29, 1.82) is 0 Å². The van der Waals surface area contributed by atoms with Crippen LogP contribution in [-0.4, -0.2) is 65.7 Å². The number of phosphoric acid groups is 1. The van der Waals surface area contributed by atoms with E-state index in [0.29, 0.717) is 19.3 Å². The number of ether oxygens (including phenoxy) is 2. The molecule has 0 aliphatic heterocycles. The summed E-state index contributed by atoms with van der Waals surface area (Å²) in [6, 6.07) is 0. The van der Waals surface area contributed by atoms with E-state index in [1.165, 1.54) is 154 Å². The van der Waals surface area contributed by atoms with Crippen molar-refractivity contribution >= 4 is 19.8 Å². The Morgan fingerprint density at radius 2 is 0.810 bits per heavy atom. The molecular weight excluding hydrogens is 816 g/mol. The fraction of sp³-hybridized carbons (Fsp3) is 0.846. The van der Waals surface area contributed by atoms with Gasteiger partial charge in [0.05, 0.1) is 19.8 Å². The first kappa shape index (κ1) is 61.2. The summed E-state index contributed by atoms with van der Waals surface area (Å²) in [6.07, 6.45) is 52.7. The molecular formula is C52H97O10P. The Morgan fingerprint density at radius 1 is 0.460 bits per heavy atom. The van der Waals surface area contributed by atoms with Crippen LogP contribution in [0.1, 0.15) is 245 Å². The fourth-order valence-electron chi connectivity index (χ4n) is 7.25. The molecule has 10 nitrogen and oxygen atoms in total. The average molecular weight is 913 g/mol. The van der Waals surface area contributed by atoms with Gasteiger partial charge in [0.2, 0.25) is 0 Å². The van der Waals surface area contributed by atoms with Gasteiger partial charge >= 0.3 is 19.8 Å². The third-order valence-corrected chi connectivity index (χ3v) is 12.2. The quantitative estimate of drug-likeness (QED) is 0.0233. The smallest absolute Gasteiger partial charge is 0.462 e. The first-order valence-electron chi connectivity index (χ1n) is 25.9. The molecule has 0 saturated carbocycles. The molecule has 0 rings (SSSR count). The highest BCUT2D eigenvalue weighted by atomic mass is 31.2. The predicted octanol–water partition coefficient (Wildman–Crippen LogP) is 14.7. The van der Waals surface area contributed by atoms with Crippen LogP contribution >= 0.6 is 7.82 Å². The molecule has 0 aromatic carbocycles. The SMILES string of the molecule is CCCCCCCC/C=C/CCCCCCCCCC(=O)OC[C@H](COP(=O)(O)OC[C@@H](O)CO)OC(=O)CCC/C=C/CC/C=C/CCCCCCCCCCCCCCCC. The molecule has 0 saturated heterocycles. The molecule has 1 unspecified atom stereocenters. The van der Waals surface area contributed by atoms with Gasteiger partial charge in [0.15, 0.2) is 6.10 Å². The Kier molecular flexibility index (Phi) is 46.7. The van der Waals surface area contributed by atoms with Crippen molar-refractivity contribution in [2.24, 2.45) is 0 Å². The number of esters is 2. The van der Waals surface area contributed by atoms with Crippen molar-refractivity contribution in [3.63, 3.8) is 0 Å². The van der Waals surface area contributed by atoms with Gasteiger partial charge in [-0.1, -0.05) is 198 Å². The molecule has 3 atom stereocenters. The van der Waals surface area contributed by atoms with E-state index in [1.807, 2.05) is 0 Å². The van der Waals surface area contributed by atoms with Crippen molar-refractivity contribution in [3.8, 4) is 0 Å². The number of unbranched alkanes of at least 4 members (excludes halogenated alkanes) is 29. The second kappa shape index (κ2) is 48.1. The second-order valence-corrected chi connectivity index (χ2v) is 19.0. The molecule has 0 amide bonds. The van der Waals surface area contributed by atoms with E-state index in [9.17, 15) is 24.2 Å². The topological polar surface area (TPSA) is 149 Å². The van der Waals surface area contributed by atoms with Crippen molar-refractivity contribution in [3.05, 3.63) is 36.5 Å². The summed E-state index contributed by atoms with van der Waals surface area (Å²) in [6.45, 7) is 2.37. The van der Waals surface area contributed by atoms with Crippen LogP contribution in [0.3, 0.4) is 0 Å². The number of carbonyl (C=O) groups is 2.